The Hall–Kier alpha value is -3.35. The second-order valence-corrected chi connectivity index (χ2v) is 9.70. The van der Waals surface area contributed by atoms with Crippen molar-refractivity contribution in [3.05, 3.63) is 106 Å². The molecule has 0 aliphatic rings. The molecule has 5 nitrogen and oxygen atoms in total. The van der Waals surface area contributed by atoms with Gasteiger partial charge in [-0.05, 0) is 48.4 Å². The van der Waals surface area contributed by atoms with E-state index in [0.29, 0.717) is 19.5 Å². The van der Waals surface area contributed by atoms with Crippen LogP contribution in [-0.2, 0) is 24.3 Å². The zero-order valence-electron chi connectivity index (χ0n) is 18.9. The molecule has 0 aliphatic heterocycles. The Labute approximate surface area is 206 Å². The van der Waals surface area contributed by atoms with Gasteiger partial charge in [-0.2, -0.15) is 0 Å². The Balaban J connectivity index is 1.39. The first-order valence-corrected chi connectivity index (χ1v) is 12.1. The van der Waals surface area contributed by atoms with Crippen LogP contribution in [0.15, 0.2) is 93.9 Å². The van der Waals surface area contributed by atoms with Crippen LogP contribution in [0.1, 0.15) is 23.8 Å². The highest BCUT2D eigenvalue weighted by molar-refractivity contribution is 9.10. The van der Waals surface area contributed by atoms with Gasteiger partial charge in [0.1, 0.15) is 11.3 Å². The molecule has 5 rings (SSSR count). The van der Waals surface area contributed by atoms with Crippen LogP contribution in [-0.4, -0.2) is 16.4 Å². The molecule has 6 heteroatoms. The van der Waals surface area contributed by atoms with Gasteiger partial charge in [0.05, 0.1) is 12.1 Å². The number of aromatic amines is 1. The van der Waals surface area contributed by atoms with E-state index < -0.39 is 5.54 Å². The minimum atomic E-state index is -0.851. The van der Waals surface area contributed by atoms with Crippen molar-refractivity contribution in [2.75, 3.05) is 0 Å². The minimum absolute atomic E-state index is 0.0612. The second kappa shape index (κ2) is 9.49. The topological polar surface area (TPSA) is 70.1 Å². The summed E-state index contributed by atoms with van der Waals surface area (Å²) in [5, 5.41) is 8.80. The molecule has 1 atom stereocenters. The molecular weight excluding hydrogens is 490 g/mol. The summed E-state index contributed by atoms with van der Waals surface area (Å²) < 4.78 is 6.98. The summed E-state index contributed by atoms with van der Waals surface area (Å²) in [4.78, 5) is 16.9. The summed E-state index contributed by atoms with van der Waals surface area (Å²) in [6, 6.07) is 26.1. The number of hydrogen-bond donors (Lipinski definition) is 3. The fourth-order valence-electron chi connectivity index (χ4n) is 4.31. The van der Waals surface area contributed by atoms with E-state index in [0.717, 1.165) is 43.2 Å². The molecule has 0 saturated heterocycles. The molecule has 5 aromatic rings. The molecule has 2 aromatic heterocycles. The maximum Gasteiger partial charge on any atom is 0.240 e. The number of benzene rings is 3. The third-order valence-electron chi connectivity index (χ3n) is 6.19. The third-order valence-corrected chi connectivity index (χ3v) is 6.68. The van der Waals surface area contributed by atoms with E-state index in [1.165, 1.54) is 0 Å². The number of nitrogens with one attached hydrogen (secondary N) is 3. The number of fused-ring (bicyclic) bond motifs is 2. The molecule has 34 heavy (non-hydrogen) atoms. The third kappa shape index (κ3) is 4.79. The van der Waals surface area contributed by atoms with Crippen LogP contribution in [0, 0.1) is 0 Å². The molecule has 172 valence electrons. The first-order valence-electron chi connectivity index (χ1n) is 11.3. The summed E-state index contributed by atoms with van der Waals surface area (Å²) in [6.07, 6.45) is 2.52. The van der Waals surface area contributed by atoms with Gasteiger partial charge < -0.3 is 14.7 Å². The van der Waals surface area contributed by atoms with Crippen LogP contribution < -0.4 is 10.6 Å². The molecule has 3 aromatic carbocycles. The van der Waals surface area contributed by atoms with E-state index in [-0.39, 0.29) is 5.91 Å². The van der Waals surface area contributed by atoms with Crippen LogP contribution >= 0.6 is 15.9 Å². The van der Waals surface area contributed by atoms with E-state index in [9.17, 15) is 4.79 Å². The standard InChI is InChI=1S/C28H26BrN3O2/c1-28(15-21-17-30-25-11-4-3-10-24(21)25,27(33)31-16-19-7-6-9-22(29)13-19)32-18-23-14-20-8-2-5-12-26(20)34-23/h2-14,17,30,32H,15-16,18H2,1H3,(H,31,33). The van der Waals surface area contributed by atoms with Gasteiger partial charge in [0.15, 0.2) is 0 Å². The molecule has 0 radical (unpaired) electrons. The van der Waals surface area contributed by atoms with Crippen molar-refractivity contribution in [3.63, 3.8) is 0 Å². The summed E-state index contributed by atoms with van der Waals surface area (Å²) in [6.45, 7) is 2.85. The fourth-order valence-corrected chi connectivity index (χ4v) is 4.76. The normalized spacial score (nSPS) is 13.2. The fraction of sp³-hybridized carbons (Fsp3) is 0.179. The molecule has 0 bridgehead atoms. The first kappa shape index (κ1) is 22.4. The van der Waals surface area contributed by atoms with Crippen molar-refractivity contribution in [1.82, 2.24) is 15.6 Å². The van der Waals surface area contributed by atoms with Crippen LogP contribution in [0.5, 0.6) is 0 Å². The zero-order valence-corrected chi connectivity index (χ0v) is 20.5. The Morgan fingerprint density at radius 1 is 1.00 bits per heavy atom. The van der Waals surface area contributed by atoms with Crippen molar-refractivity contribution >= 4 is 43.7 Å². The van der Waals surface area contributed by atoms with E-state index in [4.69, 9.17) is 4.42 Å². The number of carbonyl (C=O) groups is 1. The number of hydrogen-bond acceptors (Lipinski definition) is 3. The Kier molecular flexibility index (Phi) is 6.26. The van der Waals surface area contributed by atoms with Crippen LogP contribution in [0.25, 0.3) is 21.9 Å². The van der Waals surface area contributed by atoms with Crippen LogP contribution in [0.4, 0.5) is 0 Å². The number of H-pyrrole nitrogens is 1. The van der Waals surface area contributed by atoms with Gasteiger partial charge in [-0.15, -0.1) is 0 Å². The molecule has 1 amide bonds. The first-order chi connectivity index (χ1) is 16.5. The SMILES string of the molecule is CC(Cc1c[nH]c2ccccc12)(NCc1cc2ccccc2o1)C(=O)NCc1cccc(Br)c1. The Bertz CT molecular complexity index is 1420. The van der Waals surface area contributed by atoms with Crippen molar-refractivity contribution in [1.29, 1.82) is 0 Å². The highest BCUT2D eigenvalue weighted by Crippen LogP contribution is 2.25. The molecule has 1 unspecified atom stereocenters. The maximum atomic E-state index is 13.6. The molecule has 2 heterocycles. The highest BCUT2D eigenvalue weighted by Gasteiger charge is 2.34. The Morgan fingerprint density at radius 3 is 2.68 bits per heavy atom. The average Bonchev–Trinajstić information content (AvgIpc) is 3.45. The lowest BCUT2D eigenvalue weighted by Crippen LogP contribution is -2.55. The lowest BCUT2D eigenvalue weighted by Gasteiger charge is -2.29. The molecule has 0 saturated carbocycles. The van der Waals surface area contributed by atoms with Crippen molar-refractivity contribution in [2.24, 2.45) is 0 Å². The molecule has 3 N–H and O–H groups in total. The number of aromatic nitrogens is 1. The predicted octanol–water partition coefficient (Wildman–Crippen LogP) is 6.08. The van der Waals surface area contributed by atoms with Crippen molar-refractivity contribution < 1.29 is 9.21 Å². The minimum Gasteiger partial charge on any atom is -0.460 e. The van der Waals surface area contributed by atoms with Crippen LogP contribution in [0.3, 0.4) is 0 Å². The monoisotopic (exact) mass is 515 g/mol. The Morgan fingerprint density at radius 2 is 1.82 bits per heavy atom. The number of furan rings is 1. The predicted molar refractivity (Wildman–Crippen MR) is 139 cm³/mol. The summed E-state index contributed by atoms with van der Waals surface area (Å²) in [5.41, 5.74) is 3.18. The number of halogens is 1. The van der Waals surface area contributed by atoms with E-state index in [1.54, 1.807) is 0 Å². The van der Waals surface area contributed by atoms with Gasteiger partial charge >= 0.3 is 0 Å². The lowest BCUT2D eigenvalue weighted by atomic mass is 9.91. The van der Waals surface area contributed by atoms with Crippen molar-refractivity contribution in [2.45, 2.75) is 32.0 Å². The van der Waals surface area contributed by atoms with Gasteiger partial charge in [0.25, 0.3) is 0 Å². The molecule has 0 aliphatic carbocycles. The molecular formula is C28H26BrN3O2. The van der Waals surface area contributed by atoms with Gasteiger partial charge in [-0.1, -0.05) is 64.5 Å². The zero-order chi connectivity index (χ0) is 23.5. The summed E-state index contributed by atoms with van der Waals surface area (Å²) in [5.74, 6) is 0.736. The number of carbonyl (C=O) groups excluding carboxylic acids is 1. The van der Waals surface area contributed by atoms with Gasteiger partial charge in [0.2, 0.25) is 5.91 Å². The molecule has 0 fully saturated rings. The second-order valence-electron chi connectivity index (χ2n) is 8.79. The lowest BCUT2D eigenvalue weighted by molar-refractivity contribution is -0.127. The highest BCUT2D eigenvalue weighted by atomic mass is 79.9. The molecule has 0 spiro atoms. The van der Waals surface area contributed by atoms with Gasteiger partial charge in [-0.3, -0.25) is 10.1 Å². The largest absolute Gasteiger partial charge is 0.460 e. The van der Waals surface area contributed by atoms with E-state index >= 15 is 0 Å². The average molecular weight is 516 g/mol. The number of amides is 1. The van der Waals surface area contributed by atoms with Crippen LogP contribution in [0.2, 0.25) is 0 Å². The quantitative estimate of drug-likeness (QED) is 0.234. The van der Waals surface area contributed by atoms with E-state index in [2.05, 4.69) is 37.6 Å². The summed E-state index contributed by atoms with van der Waals surface area (Å²) >= 11 is 3.50. The van der Waals surface area contributed by atoms with Crippen molar-refractivity contribution in [3.8, 4) is 0 Å². The summed E-state index contributed by atoms with van der Waals surface area (Å²) in [7, 11) is 0. The maximum absolute atomic E-state index is 13.6. The van der Waals surface area contributed by atoms with Gasteiger partial charge in [0, 0.05) is 39.9 Å². The number of para-hydroxylation sites is 2. The van der Waals surface area contributed by atoms with E-state index in [1.807, 2.05) is 85.9 Å². The number of rotatable bonds is 8. The van der Waals surface area contributed by atoms with Gasteiger partial charge in [-0.25, -0.2) is 0 Å². The smallest absolute Gasteiger partial charge is 0.240 e.